The lowest BCUT2D eigenvalue weighted by molar-refractivity contribution is 0.318. The Labute approximate surface area is 123 Å². The molecule has 0 aliphatic heterocycles. The van der Waals surface area contributed by atoms with E-state index in [1.807, 2.05) is 31.6 Å². The van der Waals surface area contributed by atoms with Crippen LogP contribution in [0.25, 0.3) is 0 Å². The minimum atomic E-state index is 0.0287. The number of aryl methyl sites for hydroxylation is 1. The van der Waals surface area contributed by atoms with E-state index in [-0.39, 0.29) is 5.84 Å². The van der Waals surface area contributed by atoms with Crippen LogP contribution >= 0.6 is 0 Å². The highest BCUT2D eigenvalue weighted by molar-refractivity contribution is 5.99. The van der Waals surface area contributed by atoms with Crippen LogP contribution in [-0.4, -0.2) is 27.9 Å². The van der Waals surface area contributed by atoms with Gasteiger partial charge in [0.1, 0.15) is 5.75 Å². The molecular weight excluding hydrogens is 270 g/mol. The highest BCUT2D eigenvalue weighted by atomic mass is 16.5. The van der Waals surface area contributed by atoms with Gasteiger partial charge in [0.25, 0.3) is 0 Å². The van der Waals surface area contributed by atoms with Crippen molar-refractivity contribution in [2.24, 2.45) is 17.9 Å². The van der Waals surface area contributed by atoms with Crippen molar-refractivity contribution >= 4 is 5.84 Å². The van der Waals surface area contributed by atoms with Crippen molar-refractivity contribution in [1.29, 1.82) is 0 Å². The molecule has 0 unspecified atom stereocenters. The van der Waals surface area contributed by atoms with E-state index in [1.54, 1.807) is 17.9 Å². The van der Waals surface area contributed by atoms with Gasteiger partial charge in [-0.2, -0.15) is 5.10 Å². The standard InChI is InChI=1S/C14H19N5O2/c1-19-9-11(8-17-19)7-16-6-10-3-4-13(21-2)12(5-10)14(15)18-20/h3-5,8-9,16,20H,6-7H2,1-2H3,(H2,15,18). The maximum Gasteiger partial charge on any atom is 0.173 e. The molecule has 0 amide bonds. The average Bonchev–Trinajstić information content (AvgIpc) is 2.91. The number of nitrogens with zero attached hydrogens (tertiary/aromatic N) is 3. The second-order valence-corrected chi connectivity index (χ2v) is 4.65. The molecular formula is C14H19N5O2. The van der Waals surface area contributed by atoms with Crippen LogP contribution in [0.3, 0.4) is 0 Å². The number of benzene rings is 1. The normalized spacial score (nSPS) is 11.6. The van der Waals surface area contributed by atoms with Crippen molar-refractivity contribution in [3.8, 4) is 5.75 Å². The smallest absolute Gasteiger partial charge is 0.173 e. The van der Waals surface area contributed by atoms with Gasteiger partial charge in [-0.05, 0) is 17.7 Å². The number of hydrogen-bond donors (Lipinski definition) is 3. The monoisotopic (exact) mass is 289 g/mol. The van der Waals surface area contributed by atoms with E-state index in [9.17, 15) is 0 Å². The lowest BCUT2D eigenvalue weighted by Crippen LogP contribution is -2.16. The molecule has 0 fully saturated rings. The molecule has 1 aromatic heterocycles. The maximum atomic E-state index is 8.81. The highest BCUT2D eigenvalue weighted by Crippen LogP contribution is 2.19. The number of hydrogen-bond acceptors (Lipinski definition) is 5. The molecule has 1 heterocycles. The zero-order chi connectivity index (χ0) is 15.2. The summed E-state index contributed by atoms with van der Waals surface area (Å²) in [6.07, 6.45) is 3.78. The summed E-state index contributed by atoms with van der Waals surface area (Å²) in [5, 5.41) is 19.3. The van der Waals surface area contributed by atoms with Gasteiger partial charge in [-0.1, -0.05) is 11.2 Å². The van der Waals surface area contributed by atoms with E-state index in [1.165, 1.54) is 0 Å². The number of nitrogens with two attached hydrogens (primary N) is 1. The zero-order valence-corrected chi connectivity index (χ0v) is 12.1. The van der Waals surface area contributed by atoms with Crippen molar-refractivity contribution < 1.29 is 9.94 Å². The van der Waals surface area contributed by atoms with E-state index in [2.05, 4.69) is 15.6 Å². The third-order valence-corrected chi connectivity index (χ3v) is 3.06. The number of nitrogens with one attached hydrogen (secondary N) is 1. The Bertz CT molecular complexity index is 636. The highest BCUT2D eigenvalue weighted by Gasteiger charge is 2.09. The average molecular weight is 289 g/mol. The number of oxime groups is 1. The van der Waals surface area contributed by atoms with E-state index >= 15 is 0 Å². The van der Waals surface area contributed by atoms with Crippen molar-refractivity contribution in [3.63, 3.8) is 0 Å². The quantitative estimate of drug-likeness (QED) is 0.316. The largest absolute Gasteiger partial charge is 0.496 e. The number of rotatable bonds is 6. The fourth-order valence-corrected chi connectivity index (χ4v) is 2.03. The van der Waals surface area contributed by atoms with E-state index in [0.29, 0.717) is 17.9 Å². The first-order chi connectivity index (χ1) is 10.1. The molecule has 0 atom stereocenters. The van der Waals surface area contributed by atoms with E-state index in [4.69, 9.17) is 15.7 Å². The summed E-state index contributed by atoms with van der Waals surface area (Å²) in [7, 11) is 3.43. The molecule has 0 spiro atoms. The van der Waals surface area contributed by atoms with Gasteiger partial charge in [0.05, 0.1) is 18.9 Å². The van der Waals surface area contributed by atoms with Gasteiger partial charge in [-0.3, -0.25) is 4.68 Å². The fraction of sp³-hybridized carbons (Fsp3) is 0.286. The summed E-state index contributed by atoms with van der Waals surface area (Å²) in [5.74, 6) is 0.599. The molecule has 1 aromatic carbocycles. The van der Waals surface area contributed by atoms with Crippen LogP contribution in [0.1, 0.15) is 16.7 Å². The fourth-order valence-electron chi connectivity index (χ4n) is 2.03. The molecule has 0 saturated heterocycles. The first kappa shape index (κ1) is 14.9. The molecule has 0 bridgehead atoms. The first-order valence-electron chi connectivity index (χ1n) is 6.47. The summed E-state index contributed by atoms with van der Waals surface area (Å²) in [6, 6.07) is 5.57. The Morgan fingerprint density at radius 3 is 2.81 bits per heavy atom. The molecule has 7 heteroatoms. The first-order valence-corrected chi connectivity index (χ1v) is 6.47. The van der Waals surface area contributed by atoms with Gasteiger partial charge >= 0.3 is 0 Å². The van der Waals surface area contributed by atoms with Gasteiger partial charge in [0.2, 0.25) is 0 Å². The Balaban J connectivity index is 2.03. The third-order valence-electron chi connectivity index (χ3n) is 3.06. The Morgan fingerprint density at radius 1 is 1.43 bits per heavy atom. The maximum absolute atomic E-state index is 8.81. The third kappa shape index (κ3) is 3.73. The van der Waals surface area contributed by atoms with Crippen LogP contribution < -0.4 is 15.8 Å². The molecule has 0 saturated carbocycles. The van der Waals surface area contributed by atoms with Crippen molar-refractivity contribution in [2.75, 3.05) is 7.11 Å². The summed E-state index contributed by atoms with van der Waals surface area (Å²) >= 11 is 0. The topological polar surface area (TPSA) is 97.7 Å². The molecule has 112 valence electrons. The Morgan fingerprint density at radius 2 is 2.19 bits per heavy atom. The van der Waals surface area contributed by atoms with Crippen molar-refractivity contribution in [1.82, 2.24) is 15.1 Å². The Kier molecular flexibility index (Phi) is 4.78. The molecule has 21 heavy (non-hydrogen) atoms. The predicted octanol–water partition coefficient (Wildman–Crippen LogP) is 0.813. The van der Waals surface area contributed by atoms with Crippen LogP contribution in [0.5, 0.6) is 5.75 Å². The number of aromatic nitrogens is 2. The minimum absolute atomic E-state index is 0.0287. The molecule has 0 aliphatic carbocycles. The van der Waals surface area contributed by atoms with Crippen LogP contribution in [-0.2, 0) is 20.1 Å². The van der Waals surface area contributed by atoms with Gasteiger partial charge < -0.3 is 21.0 Å². The summed E-state index contributed by atoms with van der Waals surface area (Å²) in [5.41, 5.74) is 8.35. The van der Waals surface area contributed by atoms with Gasteiger partial charge in [-0.15, -0.1) is 0 Å². The number of methoxy groups -OCH3 is 1. The lowest BCUT2D eigenvalue weighted by atomic mass is 10.1. The van der Waals surface area contributed by atoms with Crippen LogP contribution in [0.4, 0.5) is 0 Å². The van der Waals surface area contributed by atoms with Crippen LogP contribution in [0, 0.1) is 0 Å². The van der Waals surface area contributed by atoms with Crippen molar-refractivity contribution in [2.45, 2.75) is 13.1 Å². The van der Waals surface area contributed by atoms with Gasteiger partial charge in [-0.25, -0.2) is 0 Å². The lowest BCUT2D eigenvalue weighted by Gasteiger charge is -2.10. The van der Waals surface area contributed by atoms with Gasteiger partial charge in [0, 0.05) is 31.9 Å². The predicted molar refractivity (Wildman–Crippen MR) is 79.3 cm³/mol. The summed E-state index contributed by atoms with van der Waals surface area (Å²) in [6.45, 7) is 1.38. The SMILES string of the molecule is COc1ccc(CNCc2cnn(C)c2)cc1C(N)=NO. The molecule has 0 aliphatic rings. The second-order valence-electron chi connectivity index (χ2n) is 4.65. The molecule has 4 N–H and O–H groups in total. The summed E-state index contributed by atoms with van der Waals surface area (Å²) in [4.78, 5) is 0. The molecule has 7 nitrogen and oxygen atoms in total. The number of ether oxygens (including phenoxy) is 1. The number of amidine groups is 1. The van der Waals surface area contributed by atoms with E-state index in [0.717, 1.165) is 17.7 Å². The molecule has 2 aromatic rings. The molecule has 2 rings (SSSR count). The van der Waals surface area contributed by atoms with Crippen LogP contribution in [0.15, 0.2) is 35.7 Å². The van der Waals surface area contributed by atoms with E-state index < -0.39 is 0 Å². The minimum Gasteiger partial charge on any atom is -0.496 e. The summed E-state index contributed by atoms with van der Waals surface area (Å²) < 4.78 is 6.96. The Hall–Kier alpha value is -2.54. The van der Waals surface area contributed by atoms with Gasteiger partial charge in [0.15, 0.2) is 5.84 Å². The molecule has 0 radical (unpaired) electrons. The van der Waals surface area contributed by atoms with Crippen molar-refractivity contribution in [3.05, 3.63) is 47.3 Å². The van der Waals surface area contributed by atoms with Crippen LogP contribution in [0.2, 0.25) is 0 Å². The zero-order valence-electron chi connectivity index (χ0n) is 12.1. The second kappa shape index (κ2) is 6.76.